The Morgan fingerprint density at radius 3 is 2.79 bits per heavy atom. The number of hydrogen-bond acceptors (Lipinski definition) is 5. The third-order valence-corrected chi connectivity index (χ3v) is 5.26. The zero-order valence-corrected chi connectivity index (χ0v) is 15.3. The Bertz CT molecular complexity index is 702. The molecule has 0 aliphatic carbocycles. The number of hydrogen-bond donors (Lipinski definition) is 1. The van der Waals surface area contributed by atoms with E-state index >= 15 is 0 Å². The number of nitrogens with zero attached hydrogens (tertiary/aromatic N) is 1. The molecule has 1 heterocycles. The minimum Gasteiger partial charge on any atom is -0.497 e. The first-order valence-electron chi connectivity index (χ1n) is 7.53. The predicted octanol–water partition coefficient (Wildman–Crippen LogP) is 3.40. The summed E-state index contributed by atoms with van der Waals surface area (Å²) in [6.45, 7) is 3.70. The first-order chi connectivity index (χ1) is 11.4. The SMILES string of the molecule is CCC(C)C(C(=O)O)N1C(=O)C(=Cc2cccc(OC)c2)SC1=S. The van der Waals surface area contributed by atoms with Crippen molar-refractivity contribution in [2.24, 2.45) is 5.92 Å². The van der Waals surface area contributed by atoms with Crippen LogP contribution in [0.25, 0.3) is 6.08 Å². The van der Waals surface area contributed by atoms with Crippen LogP contribution in [0.15, 0.2) is 29.2 Å². The molecule has 24 heavy (non-hydrogen) atoms. The molecule has 0 saturated carbocycles. The van der Waals surface area contributed by atoms with E-state index in [9.17, 15) is 14.7 Å². The maximum atomic E-state index is 12.7. The van der Waals surface area contributed by atoms with Crippen molar-refractivity contribution in [1.82, 2.24) is 4.90 Å². The third-order valence-electron chi connectivity index (χ3n) is 3.93. The third kappa shape index (κ3) is 3.79. The minimum absolute atomic E-state index is 0.193. The van der Waals surface area contributed by atoms with Gasteiger partial charge in [-0.15, -0.1) is 0 Å². The highest BCUT2D eigenvalue weighted by Crippen LogP contribution is 2.36. The van der Waals surface area contributed by atoms with Crippen LogP contribution in [0.4, 0.5) is 0 Å². The maximum absolute atomic E-state index is 12.7. The minimum atomic E-state index is -1.04. The summed E-state index contributed by atoms with van der Waals surface area (Å²) in [6.07, 6.45) is 2.35. The lowest BCUT2D eigenvalue weighted by molar-refractivity contribution is -0.147. The van der Waals surface area contributed by atoms with Crippen molar-refractivity contribution in [3.8, 4) is 5.75 Å². The zero-order chi connectivity index (χ0) is 17.9. The highest BCUT2D eigenvalue weighted by Gasteiger charge is 2.42. The number of thioether (sulfide) groups is 1. The summed E-state index contributed by atoms with van der Waals surface area (Å²) in [5.41, 5.74) is 0.797. The van der Waals surface area contributed by atoms with E-state index in [-0.39, 0.29) is 16.1 Å². The van der Waals surface area contributed by atoms with Crippen LogP contribution < -0.4 is 4.74 Å². The van der Waals surface area contributed by atoms with Gasteiger partial charge in [0.1, 0.15) is 16.1 Å². The van der Waals surface area contributed by atoms with Crippen LogP contribution in [0.1, 0.15) is 25.8 Å². The second-order valence-electron chi connectivity index (χ2n) is 5.50. The molecule has 1 amide bonds. The van der Waals surface area contributed by atoms with Gasteiger partial charge in [-0.05, 0) is 29.7 Å². The van der Waals surface area contributed by atoms with Gasteiger partial charge in [0.25, 0.3) is 5.91 Å². The van der Waals surface area contributed by atoms with E-state index in [0.717, 1.165) is 17.3 Å². The zero-order valence-electron chi connectivity index (χ0n) is 13.7. The van der Waals surface area contributed by atoms with Crippen LogP contribution in [-0.4, -0.2) is 39.4 Å². The fourth-order valence-electron chi connectivity index (χ4n) is 2.43. The van der Waals surface area contributed by atoms with E-state index in [2.05, 4.69) is 0 Å². The second kappa shape index (κ2) is 7.81. The Morgan fingerprint density at radius 1 is 1.50 bits per heavy atom. The monoisotopic (exact) mass is 365 g/mol. The number of carbonyl (C=O) groups excluding carboxylic acids is 1. The van der Waals surface area contributed by atoms with Crippen LogP contribution in [0.2, 0.25) is 0 Å². The smallest absolute Gasteiger partial charge is 0.327 e. The van der Waals surface area contributed by atoms with Crippen molar-refractivity contribution in [2.75, 3.05) is 7.11 Å². The van der Waals surface area contributed by atoms with Gasteiger partial charge in [-0.25, -0.2) is 4.79 Å². The van der Waals surface area contributed by atoms with Gasteiger partial charge in [-0.3, -0.25) is 9.69 Å². The molecule has 1 aliphatic rings. The van der Waals surface area contributed by atoms with Gasteiger partial charge in [0.05, 0.1) is 12.0 Å². The van der Waals surface area contributed by atoms with Gasteiger partial charge in [0, 0.05) is 0 Å². The molecule has 2 atom stereocenters. The van der Waals surface area contributed by atoms with Crippen LogP contribution in [0.5, 0.6) is 5.75 Å². The normalized spacial score (nSPS) is 18.8. The summed E-state index contributed by atoms with van der Waals surface area (Å²) in [5, 5.41) is 9.52. The summed E-state index contributed by atoms with van der Waals surface area (Å²) >= 11 is 6.39. The molecule has 1 aliphatic heterocycles. The molecule has 0 bridgehead atoms. The van der Waals surface area contributed by atoms with Crippen molar-refractivity contribution in [3.05, 3.63) is 34.7 Å². The Balaban J connectivity index is 2.33. The topological polar surface area (TPSA) is 66.8 Å². The van der Waals surface area contributed by atoms with Gasteiger partial charge in [-0.1, -0.05) is 56.4 Å². The van der Waals surface area contributed by atoms with Crippen molar-refractivity contribution in [1.29, 1.82) is 0 Å². The number of aliphatic carboxylic acids is 1. The first kappa shape index (κ1) is 18.5. The lowest BCUT2D eigenvalue weighted by atomic mass is 9.98. The van der Waals surface area contributed by atoms with E-state index < -0.39 is 12.0 Å². The number of ether oxygens (including phenoxy) is 1. The number of thiocarbonyl (C=S) groups is 1. The van der Waals surface area contributed by atoms with Crippen LogP contribution in [-0.2, 0) is 9.59 Å². The van der Waals surface area contributed by atoms with E-state index in [1.54, 1.807) is 19.3 Å². The molecule has 7 heteroatoms. The summed E-state index contributed by atoms with van der Waals surface area (Å²) in [5.74, 6) is -0.910. The summed E-state index contributed by atoms with van der Waals surface area (Å²) in [4.78, 5) is 26.0. The predicted molar refractivity (Wildman–Crippen MR) is 98.9 cm³/mol. The van der Waals surface area contributed by atoms with E-state index in [4.69, 9.17) is 17.0 Å². The fourth-order valence-corrected chi connectivity index (χ4v) is 3.76. The average molecular weight is 365 g/mol. The van der Waals surface area contributed by atoms with Gasteiger partial charge in [0.15, 0.2) is 0 Å². The van der Waals surface area contributed by atoms with Gasteiger partial charge in [-0.2, -0.15) is 0 Å². The molecule has 0 aromatic heterocycles. The quantitative estimate of drug-likeness (QED) is 0.616. The lowest BCUT2D eigenvalue weighted by Crippen LogP contribution is -2.47. The van der Waals surface area contributed by atoms with Crippen LogP contribution in [0, 0.1) is 5.92 Å². The Hall–Kier alpha value is -1.86. The van der Waals surface area contributed by atoms with Crippen LogP contribution in [0.3, 0.4) is 0 Å². The molecule has 1 N–H and O–H groups in total. The number of benzene rings is 1. The average Bonchev–Trinajstić information content (AvgIpc) is 2.82. The first-order valence-corrected chi connectivity index (χ1v) is 8.75. The number of carboxylic acid groups (broad SMARTS) is 1. The highest BCUT2D eigenvalue weighted by molar-refractivity contribution is 8.26. The molecule has 1 aromatic carbocycles. The van der Waals surface area contributed by atoms with E-state index in [1.807, 2.05) is 32.0 Å². The molecular weight excluding hydrogens is 346 g/mol. The fraction of sp³-hybridized carbons (Fsp3) is 0.353. The van der Waals surface area contributed by atoms with Gasteiger partial charge < -0.3 is 9.84 Å². The summed E-state index contributed by atoms with van der Waals surface area (Å²) in [6, 6.07) is 6.34. The number of amides is 1. The van der Waals surface area contributed by atoms with Crippen molar-refractivity contribution in [3.63, 3.8) is 0 Å². The molecular formula is C17H19NO4S2. The Kier molecular flexibility index (Phi) is 6.01. The lowest BCUT2D eigenvalue weighted by Gasteiger charge is -2.27. The van der Waals surface area contributed by atoms with Gasteiger partial charge in [0.2, 0.25) is 0 Å². The number of methoxy groups -OCH3 is 1. The molecule has 0 radical (unpaired) electrons. The Labute approximate surface area is 150 Å². The largest absolute Gasteiger partial charge is 0.497 e. The summed E-state index contributed by atoms with van der Waals surface area (Å²) < 4.78 is 5.45. The molecule has 128 valence electrons. The molecule has 2 rings (SSSR count). The van der Waals surface area contributed by atoms with Crippen molar-refractivity contribution >= 4 is 46.3 Å². The maximum Gasteiger partial charge on any atom is 0.327 e. The van der Waals surface area contributed by atoms with Gasteiger partial charge >= 0.3 is 5.97 Å². The highest BCUT2D eigenvalue weighted by atomic mass is 32.2. The molecule has 1 aromatic rings. The number of rotatable bonds is 6. The molecule has 1 saturated heterocycles. The van der Waals surface area contributed by atoms with Crippen molar-refractivity contribution < 1.29 is 19.4 Å². The summed E-state index contributed by atoms with van der Waals surface area (Å²) in [7, 11) is 1.57. The number of carbonyl (C=O) groups is 2. The van der Waals surface area contributed by atoms with Crippen molar-refractivity contribution in [2.45, 2.75) is 26.3 Å². The number of carboxylic acids is 1. The second-order valence-corrected chi connectivity index (χ2v) is 7.17. The van der Waals surface area contributed by atoms with E-state index in [1.165, 1.54) is 4.90 Å². The molecule has 5 nitrogen and oxygen atoms in total. The Morgan fingerprint density at radius 2 is 2.21 bits per heavy atom. The standard InChI is InChI=1S/C17H19NO4S2/c1-4-10(2)14(16(20)21)18-15(19)13(24-17(18)23)9-11-6-5-7-12(8-11)22-3/h5-10,14H,4H2,1-3H3,(H,20,21). The van der Waals surface area contributed by atoms with Crippen LogP contribution >= 0.6 is 24.0 Å². The van der Waals surface area contributed by atoms with E-state index in [0.29, 0.717) is 17.1 Å². The molecule has 1 fully saturated rings. The molecule has 0 spiro atoms. The molecule has 2 unspecified atom stereocenters.